The third-order valence-corrected chi connectivity index (χ3v) is 4.48. The molecule has 31 heavy (non-hydrogen) atoms. The summed E-state index contributed by atoms with van der Waals surface area (Å²) in [6, 6.07) is 10.0. The average molecular weight is 442 g/mol. The zero-order valence-corrected chi connectivity index (χ0v) is 17.8. The minimum atomic E-state index is -4.85. The summed E-state index contributed by atoms with van der Waals surface area (Å²) in [5.41, 5.74) is -2.42. The maximum Gasteiger partial charge on any atom is 0.573 e. The van der Waals surface area contributed by atoms with Crippen LogP contribution in [0.3, 0.4) is 0 Å². The van der Waals surface area contributed by atoms with Crippen molar-refractivity contribution in [1.29, 1.82) is 0 Å². The molecule has 4 nitrogen and oxygen atoms in total. The molecule has 0 saturated heterocycles. The molecule has 0 aliphatic carbocycles. The van der Waals surface area contributed by atoms with Crippen molar-refractivity contribution >= 4 is 5.97 Å². The van der Waals surface area contributed by atoms with Crippen molar-refractivity contribution in [3.63, 3.8) is 0 Å². The van der Waals surface area contributed by atoms with E-state index in [0.29, 0.717) is 6.42 Å². The summed E-state index contributed by atoms with van der Waals surface area (Å²) < 4.78 is 62.1. The van der Waals surface area contributed by atoms with Crippen LogP contribution in [0.4, 0.5) is 17.6 Å². The summed E-state index contributed by atoms with van der Waals surface area (Å²) in [7, 11) is 0. The van der Waals surface area contributed by atoms with E-state index in [9.17, 15) is 23.1 Å². The minimum Gasteiger partial charge on any atom is -0.456 e. The Morgan fingerprint density at radius 3 is 1.97 bits per heavy atom. The number of alkyl halides is 4. The number of hydrogen-bond acceptors (Lipinski definition) is 4. The number of carbonyl (C=O) groups excluding carboxylic acids is 1. The maximum atomic E-state index is 16.0. The first-order chi connectivity index (χ1) is 14.2. The van der Waals surface area contributed by atoms with E-state index in [1.807, 2.05) is 0 Å². The largest absolute Gasteiger partial charge is 0.573 e. The van der Waals surface area contributed by atoms with Crippen molar-refractivity contribution in [2.75, 3.05) is 0 Å². The van der Waals surface area contributed by atoms with E-state index in [-0.39, 0.29) is 23.1 Å². The Morgan fingerprint density at radius 1 is 0.968 bits per heavy atom. The lowest BCUT2D eigenvalue weighted by atomic mass is 9.82. The highest BCUT2D eigenvalue weighted by atomic mass is 19.4. The van der Waals surface area contributed by atoms with E-state index in [1.54, 1.807) is 27.7 Å². The predicted octanol–water partition coefficient (Wildman–Crippen LogP) is 6.24. The van der Waals surface area contributed by atoms with Gasteiger partial charge in [0.15, 0.2) is 5.67 Å². The van der Waals surface area contributed by atoms with Gasteiger partial charge in [-0.15, -0.1) is 13.2 Å². The van der Waals surface area contributed by atoms with Gasteiger partial charge >= 0.3 is 12.3 Å². The lowest BCUT2D eigenvalue weighted by molar-refractivity contribution is -0.274. The van der Waals surface area contributed by atoms with E-state index in [2.05, 4.69) is 4.74 Å². The third-order valence-electron chi connectivity index (χ3n) is 4.48. The van der Waals surface area contributed by atoms with Gasteiger partial charge in [-0.1, -0.05) is 37.6 Å². The van der Waals surface area contributed by atoms with Gasteiger partial charge in [-0.05, 0) is 62.6 Å². The number of rotatable bonds is 7. The van der Waals surface area contributed by atoms with Crippen LogP contribution in [0.25, 0.3) is 0 Å². The lowest BCUT2D eigenvalue weighted by Gasteiger charge is -2.31. The first-order valence-corrected chi connectivity index (χ1v) is 9.82. The van der Waals surface area contributed by atoms with E-state index in [0.717, 1.165) is 12.1 Å². The first-order valence-electron chi connectivity index (χ1n) is 9.82. The summed E-state index contributed by atoms with van der Waals surface area (Å²) >= 11 is 0. The molecule has 0 unspecified atom stereocenters. The van der Waals surface area contributed by atoms with Crippen LogP contribution < -0.4 is 4.74 Å². The molecule has 0 aromatic heterocycles. The summed E-state index contributed by atoms with van der Waals surface area (Å²) in [4.78, 5) is 12.2. The van der Waals surface area contributed by atoms with E-state index in [4.69, 9.17) is 4.74 Å². The Morgan fingerprint density at radius 2 is 1.52 bits per heavy atom. The van der Waals surface area contributed by atoms with Crippen LogP contribution in [0, 0.1) is 0 Å². The van der Waals surface area contributed by atoms with Crippen molar-refractivity contribution < 1.29 is 36.9 Å². The van der Waals surface area contributed by atoms with Crippen LogP contribution in [0.1, 0.15) is 68.1 Å². The molecule has 2 aromatic rings. The van der Waals surface area contributed by atoms with Gasteiger partial charge in [-0.2, -0.15) is 0 Å². The van der Waals surface area contributed by atoms with Crippen LogP contribution >= 0.6 is 0 Å². The quantitative estimate of drug-likeness (QED) is 0.407. The number of aliphatic hydroxyl groups excluding tert-OH is 1. The van der Waals surface area contributed by atoms with Gasteiger partial charge in [0.1, 0.15) is 17.5 Å². The van der Waals surface area contributed by atoms with Crippen molar-refractivity contribution in [2.24, 2.45) is 0 Å². The maximum absolute atomic E-state index is 16.0. The van der Waals surface area contributed by atoms with E-state index < -0.39 is 35.5 Å². The Labute approximate surface area is 178 Å². The van der Waals surface area contributed by atoms with E-state index >= 15 is 4.39 Å². The second-order valence-electron chi connectivity index (χ2n) is 8.21. The molecular weight excluding hydrogens is 416 g/mol. The van der Waals surface area contributed by atoms with Crippen LogP contribution in [-0.2, 0) is 10.4 Å². The zero-order valence-electron chi connectivity index (χ0n) is 17.8. The van der Waals surface area contributed by atoms with Crippen molar-refractivity contribution in [2.45, 2.75) is 64.3 Å². The molecule has 0 aliphatic rings. The molecule has 0 bridgehead atoms. The number of aliphatic hydroxyl groups is 1. The fourth-order valence-corrected chi connectivity index (χ4v) is 3.14. The number of carbonyl (C=O) groups is 1. The Balaban J connectivity index is 2.29. The molecule has 0 aliphatic heterocycles. The summed E-state index contributed by atoms with van der Waals surface area (Å²) in [5.74, 6) is -1.02. The van der Waals surface area contributed by atoms with Crippen LogP contribution in [0.5, 0.6) is 5.75 Å². The van der Waals surface area contributed by atoms with Crippen LogP contribution in [0.15, 0.2) is 48.5 Å². The second kappa shape index (κ2) is 9.26. The highest BCUT2D eigenvalue weighted by molar-refractivity contribution is 5.89. The molecular formula is C23H26F4O4. The van der Waals surface area contributed by atoms with Crippen molar-refractivity contribution in [1.82, 2.24) is 0 Å². The molecule has 8 heteroatoms. The molecule has 0 amide bonds. The number of halogens is 4. The van der Waals surface area contributed by atoms with Gasteiger partial charge in [0.25, 0.3) is 0 Å². The monoisotopic (exact) mass is 442 g/mol. The van der Waals surface area contributed by atoms with Gasteiger partial charge in [0.2, 0.25) is 0 Å². The molecule has 0 saturated carbocycles. The number of hydrogen-bond donors (Lipinski definition) is 1. The van der Waals surface area contributed by atoms with Crippen LogP contribution in [0.2, 0.25) is 0 Å². The van der Waals surface area contributed by atoms with Gasteiger partial charge in [-0.3, -0.25) is 0 Å². The Bertz CT molecular complexity index is 870. The Hall–Kier alpha value is -2.61. The predicted molar refractivity (Wildman–Crippen MR) is 107 cm³/mol. The molecule has 2 atom stereocenters. The first kappa shape index (κ1) is 24.7. The highest BCUT2D eigenvalue weighted by Crippen LogP contribution is 2.43. The number of ether oxygens (including phenoxy) is 2. The molecule has 2 rings (SSSR count). The molecule has 1 N–H and O–H groups in total. The molecule has 0 radical (unpaired) electrons. The highest BCUT2D eigenvalue weighted by Gasteiger charge is 2.40. The number of esters is 1. The number of benzene rings is 2. The van der Waals surface area contributed by atoms with Crippen LogP contribution in [-0.4, -0.2) is 23.0 Å². The Kier molecular flexibility index (Phi) is 7.36. The van der Waals surface area contributed by atoms with Gasteiger partial charge in [0, 0.05) is 0 Å². The normalized spacial score (nSPS) is 15.1. The average Bonchev–Trinajstić information content (AvgIpc) is 2.65. The molecule has 0 spiro atoms. The third kappa shape index (κ3) is 6.69. The van der Waals surface area contributed by atoms with Crippen molar-refractivity contribution in [3.8, 4) is 5.75 Å². The van der Waals surface area contributed by atoms with Gasteiger partial charge in [-0.25, -0.2) is 9.18 Å². The summed E-state index contributed by atoms with van der Waals surface area (Å²) in [5, 5.41) is 10.7. The van der Waals surface area contributed by atoms with E-state index in [1.165, 1.54) is 36.4 Å². The molecule has 0 heterocycles. The summed E-state index contributed by atoms with van der Waals surface area (Å²) in [6.45, 7) is 6.94. The molecule has 2 aromatic carbocycles. The standard InChI is InChI=1S/C23H26F4O4/c1-5-14-22(24,17-10-6-16(7-11-17)20(29)31-21(2,3)4)19(28)15-8-12-18(13-9-15)30-23(25,26)27/h6-13,19,28H,5,14H2,1-4H3/t19-,22-/m0/s1. The minimum absolute atomic E-state index is 0.0409. The summed E-state index contributed by atoms with van der Waals surface area (Å²) in [6.07, 6.45) is -6.13. The zero-order chi connectivity index (χ0) is 23.4. The smallest absolute Gasteiger partial charge is 0.456 e. The lowest BCUT2D eigenvalue weighted by Crippen LogP contribution is -2.29. The fraction of sp³-hybridized carbons (Fsp3) is 0.435. The molecule has 0 fully saturated rings. The fourth-order valence-electron chi connectivity index (χ4n) is 3.14. The SMILES string of the molecule is CCC[C@](F)(c1ccc(C(=O)OC(C)(C)C)cc1)[C@@H](O)c1ccc(OC(F)(F)F)cc1. The van der Waals surface area contributed by atoms with Crippen molar-refractivity contribution in [3.05, 3.63) is 65.2 Å². The topological polar surface area (TPSA) is 55.8 Å². The molecule has 170 valence electrons. The van der Waals surface area contributed by atoms with Gasteiger partial charge in [0.05, 0.1) is 5.56 Å². The second-order valence-corrected chi connectivity index (χ2v) is 8.21. The van der Waals surface area contributed by atoms with Gasteiger partial charge < -0.3 is 14.6 Å².